The molecule has 2 N–H and O–H groups in total. The summed E-state index contributed by atoms with van der Waals surface area (Å²) in [6.45, 7) is 5.90. The van der Waals surface area contributed by atoms with Crippen LogP contribution in [0.3, 0.4) is 0 Å². The van der Waals surface area contributed by atoms with Crippen LogP contribution in [0.15, 0.2) is 36.4 Å². The lowest BCUT2D eigenvalue weighted by Crippen LogP contribution is -2.26. The Morgan fingerprint density at radius 1 is 1.31 bits per heavy atom. The Labute approximate surface area is 151 Å². The second kappa shape index (κ2) is 7.07. The van der Waals surface area contributed by atoms with Gasteiger partial charge in [-0.15, -0.1) is 0 Å². The largest absolute Gasteiger partial charge is 0.390 e. The average Bonchev–Trinajstić information content (AvgIpc) is 3.17. The molecule has 0 unspecified atom stereocenters. The van der Waals surface area contributed by atoms with Gasteiger partial charge in [0, 0.05) is 12.0 Å². The van der Waals surface area contributed by atoms with E-state index in [4.69, 9.17) is 4.84 Å². The van der Waals surface area contributed by atoms with Crippen LogP contribution in [0, 0.1) is 0 Å². The molecule has 0 spiro atoms. The number of nitrogens with one attached hydrogen (secondary N) is 1. The smallest absolute Gasteiger partial charge is 0.362 e. The van der Waals surface area contributed by atoms with E-state index in [2.05, 4.69) is 10.6 Å². The molecule has 1 aromatic heterocycles. The molecule has 0 aliphatic heterocycles. The van der Waals surface area contributed by atoms with Crippen LogP contribution < -0.4 is 5.48 Å². The molecule has 1 aromatic carbocycles. The number of nitrogens with zero attached hydrogens (tertiary/aromatic N) is 2. The van der Waals surface area contributed by atoms with Crippen LogP contribution in [0.25, 0.3) is 0 Å². The molecule has 1 aliphatic carbocycles. The van der Waals surface area contributed by atoms with Gasteiger partial charge in [-0.3, -0.25) is 0 Å². The van der Waals surface area contributed by atoms with Gasteiger partial charge in [0.1, 0.15) is 6.17 Å². The number of aliphatic hydroxyl groups excluding tert-OH is 1. The SMILES string of the molecule is CC(C)(C)n1nc([C@H]2C[C@H](O)[C@@H](F)C2)cc1NOC(=O)c1ccccc1. The number of halogens is 1. The fraction of sp³-hybridized carbons (Fsp3) is 0.474. The van der Waals surface area contributed by atoms with Crippen molar-refractivity contribution in [2.24, 2.45) is 0 Å². The number of benzene rings is 1. The van der Waals surface area contributed by atoms with Crippen molar-refractivity contribution in [1.82, 2.24) is 9.78 Å². The van der Waals surface area contributed by atoms with E-state index in [-0.39, 0.29) is 17.9 Å². The molecule has 1 saturated carbocycles. The van der Waals surface area contributed by atoms with Gasteiger partial charge in [0.25, 0.3) is 0 Å². The number of hydrogen-bond acceptors (Lipinski definition) is 5. The summed E-state index contributed by atoms with van der Waals surface area (Å²) in [5.74, 6) is -0.156. The third-order valence-electron chi connectivity index (χ3n) is 4.49. The lowest BCUT2D eigenvalue weighted by molar-refractivity contribution is 0.0591. The maximum atomic E-state index is 13.7. The number of anilines is 1. The summed E-state index contributed by atoms with van der Waals surface area (Å²) in [7, 11) is 0. The molecule has 0 amide bonds. The summed E-state index contributed by atoms with van der Waals surface area (Å²) < 4.78 is 15.4. The molecule has 2 aromatic rings. The van der Waals surface area contributed by atoms with E-state index in [1.165, 1.54) is 0 Å². The van der Waals surface area contributed by atoms with Crippen LogP contribution in [0.1, 0.15) is 55.6 Å². The molecule has 3 rings (SSSR count). The van der Waals surface area contributed by atoms with E-state index in [1.807, 2.05) is 26.8 Å². The number of aliphatic hydroxyl groups is 1. The second-order valence-electron chi connectivity index (χ2n) is 7.65. The van der Waals surface area contributed by atoms with Crippen molar-refractivity contribution in [3.05, 3.63) is 47.7 Å². The number of rotatable bonds is 4. The average molecular weight is 361 g/mol. The molecule has 6 nitrogen and oxygen atoms in total. The van der Waals surface area contributed by atoms with Crippen LogP contribution in [0.2, 0.25) is 0 Å². The topological polar surface area (TPSA) is 76.4 Å². The van der Waals surface area contributed by atoms with Crippen molar-refractivity contribution in [2.45, 2.75) is 57.3 Å². The molecule has 3 atom stereocenters. The summed E-state index contributed by atoms with van der Waals surface area (Å²) in [5, 5.41) is 14.2. The monoisotopic (exact) mass is 361 g/mol. The van der Waals surface area contributed by atoms with Crippen LogP contribution in [-0.2, 0) is 10.4 Å². The van der Waals surface area contributed by atoms with Crippen molar-refractivity contribution < 1.29 is 19.1 Å². The summed E-state index contributed by atoms with van der Waals surface area (Å²) >= 11 is 0. The number of carbonyl (C=O) groups excluding carboxylic acids is 1. The highest BCUT2D eigenvalue weighted by Crippen LogP contribution is 2.37. The lowest BCUT2D eigenvalue weighted by Gasteiger charge is -2.22. The Morgan fingerprint density at radius 3 is 2.58 bits per heavy atom. The summed E-state index contributed by atoms with van der Waals surface area (Å²) in [5.41, 5.74) is 3.42. The summed E-state index contributed by atoms with van der Waals surface area (Å²) in [4.78, 5) is 17.3. The lowest BCUT2D eigenvalue weighted by atomic mass is 10.0. The first-order chi connectivity index (χ1) is 12.3. The zero-order valence-corrected chi connectivity index (χ0v) is 15.1. The fourth-order valence-corrected chi connectivity index (χ4v) is 3.12. The van der Waals surface area contributed by atoms with Crippen LogP contribution in [-0.4, -0.2) is 33.1 Å². The molecule has 7 heteroatoms. The first-order valence-electron chi connectivity index (χ1n) is 8.70. The Kier molecular flexibility index (Phi) is 5.00. The van der Waals surface area contributed by atoms with Crippen molar-refractivity contribution in [1.29, 1.82) is 0 Å². The predicted octanol–water partition coefficient (Wildman–Crippen LogP) is 3.40. The van der Waals surface area contributed by atoms with Crippen LogP contribution in [0.5, 0.6) is 0 Å². The van der Waals surface area contributed by atoms with Crippen molar-refractivity contribution in [3.63, 3.8) is 0 Å². The van der Waals surface area contributed by atoms with Gasteiger partial charge in [0.05, 0.1) is 22.9 Å². The third kappa shape index (κ3) is 3.88. The van der Waals surface area contributed by atoms with Gasteiger partial charge < -0.3 is 9.94 Å². The van der Waals surface area contributed by atoms with Gasteiger partial charge in [-0.2, -0.15) is 5.10 Å². The highest BCUT2D eigenvalue weighted by Gasteiger charge is 2.36. The van der Waals surface area contributed by atoms with E-state index < -0.39 is 18.2 Å². The molecule has 0 radical (unpaired) electrons. The van der Waals surface area contributed by atoms with E-state index in [1.54, 1.807) is 35.0 Å². The van der Waals surface area contributed by atoms with Gasteiger partial charge in [-0.05, 0) is 45.7 Å². The van der Waals surface area contributed by atoms with E-state index in [0.717, 1.165) is 0 Å². The van der Waals surface area contributed by atoms with Crippen molar-refractivity contribution in [2.75, 3.05) is 5.48 Å². The molecule has 0 bridgehead atoms. The Morgan fingerprint density at radius 2 is 2.00 bits per heavy atom. The summed E-state index contributed by atoms with van der Waals surface area (Å²) in [6.07, 6.45) is -1.60. The Hall–Kier alpha value is -2.41. The maximum absolute atomic E-state index is 13.7. The van der Waals surface area contributed by atoms with Gasteiger partial charge in [-0.1, -0.05) is 18.2 Å². The van der Waals surface area contributed by atoms with Gasteiger partial charge in [0.2, 0.25) is 0 Å². The van der Waals surface area contributed by atoms with Gasteiger partial charge in [-0.25, -0.2) is 19.3 Å². The van der Waals surface area contributed by atoms with E-state index in [0.29, 0.717) is 23.5 Å². The molecule has 1 aliphatic rings. The molecule has 140 valence electrons. The second-order valence-corrected chi connectivity index (χ2v) is 7.65. The molecule has 26 heavy (non-hydrogen) atoms. The number of alkyl halides is 1. The Balaban J connectivity index is 1.78. The highest BCUT2D eigenvalue weighted by molar-refractivity contribution is 5.89. The van der Waals surface area contributed by atoms with Gasteiger partial charge >= 0.3 is 5.97 Å². The predicted molar refractivity (Wildman–Crippen MR) is 95.6 cm³/mol. The minimum Gasteiger partial charge on any atom is -0.390 e. The fourth-order valence-electron chi connectivity index (χ4n) is 3.12. The number of aromatic nitrogens is 2. The van der Waals surface area contributed by atoms with Crippen LogP contribution >= 0.6 is 0 Å². The minimum atomic E-state index is -1.23. The van der Waals surface area contributed by atoms with Crippen LogP contribution in [0.4, 0.5) is 10.2 Å². The van der Waals surface area contributed by atoms with E-state index in [9.17, 15) is 14.3 Å². The molecular formula is C19H24FN3O3. The standard InChI is InChI=1S/C19H24FN3O3/c1-19(2,3)23-17(22-26-18(25)12-7-5-4-6-8-12)11-15(21-23)13-9-14(20)16(24)10-13/h4-8,11,13-14,16,22,24H,9-10H2,1-3H3/t13-,14+,16+/m1/s1. The first-order valence-corrected chi connectivity index (χ1v) is 8.70. The quantitative estimate of drug-likeness (QED) is 0.817. The molecular weight excluding hydrogens is 337 g/mol. The molecule has 0 saturated heterocycles. The first kappa shape index (κ1) is 18.4. The Bertz CT molecular complexity index is 760. The summed E-state index contributed by atoms with van der Waals surface area (Å²) in [6, 6.07) is 10.4. The minimum absolute atomic E-state index is 0.158. The zero-order chi connectivity index (χ0) is 18.9. The van der Waals surface area contributed by atoms with Gasteiger partial charge in [0.15, 0.2) is 5.82 Å². The zero-order valence-electron chi connectivity index (χ0n) is 15.1. The normalized spacial score (nSPS) is 23.0. The maximum Gasteiger partial charge on any atom is 0.362 e. The number of carbonyl (C=O) groups is 1. The van der Waals surface area contributed by atoms with Crippen molar-refractivity contribution >= 4 is 11.8 Å². The third-order valence-corrected chi connectivity index (χ3v) is 4.49. The van der Waals surface area contributed by atoms with E-state index >= 15 is 0 Å². The van der Waals surface area contributed by atoms with Crippen molar-refractivity contribution in [3.8, 4) is 0 Å². The molecule has 1 fully saturated rings. The molecule has 1 heterocycles. The number of hydrogen-bond donors (Lipinski definition) is 2. The highest BCUT2D eigenvalue weighted by atomic mass is 19.1.